The second kappa shape index (κ2) is 7.98. The van der Waals surface area contributed by atoms with E-state index in [-0.39, 0.29) is 10.8 Å². The van der Waals surface area contributed by atoms with E-state index in [1.807, 2.05) is 13.8 Å². The number of hydrogen-bond donors (Lipinski definition) is 0. The normalized spacial score (nSPS) is 16.7. The van der Waals surface area contributed by atoms with E-state index in [1.54, 1.807) is 30.2 Å². The van der Waals surface area contributed by atoms with Gasteiger partial charge in [-0.15, -0.1) is 0 Å². The maximum absolute atomic E-state index is 12.9. The third-order valence-corrected chi connectivity index (χ3v) is 6.28. The molecule has 7 heteroatoms. The zero-order valence-corrected chi connectivity index (χ0v) is 15.4. The first-order valence-electron chi connectivity index (χ1n) is 8.38. The molecule has 6 nitrogen and oxygen atoms in total. The van der Waals surface area contributed by atoms with Crippen LogP contribution >= 0.6 is 0 Å². The van der Waals surface area contributed by atoms with Gasteiger partial charge in [0, 0.05) is 32.6 Å². The smallest absolute Gasteiger partial charge is 0.243 e. The molecule has 0 spiro atoms. The molecule has 0 radical (unpaired) electrons. The highest BCUT2D eigenvalue weighted by Crippen LogP contribution is 2.25. The highest BCUT2D eigenvalue weighted by atomic mass is 32.2. The van der Waals surface area contributed by atoms with Crippen molar-refractivity contribution in [2.24, 2.45) is 0 Å². The molecule has 0 N–H and O–H groups in total. The van der Waals surface area contributed by atoms with Crippen LogP contribution in [-0.2, 0) is 21.2 Å². The summed E-state index contributed by atoms with van der Waals surface area (Å²) >= 11 is 0. The molecule has 0 saturated carbocycles. The fourth-order valence-electron chi connectivity index (χ4n) is 2.95. The van der Waals surface area contributed by atoms with E-state index in [2.05, 4.69) is 0 Å². The van der Waals surface area contributed by atoms with Crippen LogP contribution in [0.25, 0.3) is 0 Å². The van der Waals surface area contributed by atoms with Gasteiger partial charge >= 0.3 is 0 Å². The maximum atomic E-state index is 12.9. The number of amides is 1. The van der Waals surface area contributed by atoms with Crippen LogP contribution in [0, 0.1) is 0 Å². The molecular weight excluding hydrogens is 328 g/mol. The minimum Gasteiger partial charge on any atom is -0.496 e. The average molecular weight is 354 g/mol. The molecule has 134 valence electrons. The maximum Gasteiger partial charge on any atom is 0.243 e. The van der Waals surface area contributed by atoms with E-state index in [0.29, 0.717) is 51.2 Å². The fourth-order valence-corrected chi connectivity index (χ4v) is 4.47. The fraction of sp³-hybridized carbons (Fsp3) is 0.588. The summed E-state index contributed by atoms with van der Waals surface area (Å²) in [5.41, 5.74) is 0.871. The number of carbonyl (C=O) groups is 1. The molecule has 2 rings (SSSR count). The van der Waals surface area contributed by atoms with Crippen molar-refractivity contribution in [2.75, 3.05) is 33.3 Å². The Morgan fingerprint density at radius 3 is 2.54 bits per heavy atom. The van der Waals surface area contributed by atoms with E-state index in [9.17, 15) is 13.2 Å². The van der Waals surface area contributed by atoms with Gasteiger partial charge in [0.2, 0.25) is 15.9 Å². The summed E-state index contributed by atoms with van der Waals surface area (Å²) in [5, 5.41) is 0. The molecule has 0 bridgehead atoms. The molecule has 0 aromatic heterocycles. The summed E-state index contributed by atoms with van der Waals surface area (Å²) in [4.78, 5) is 13.9. The third-order valence-electron chi connectivity index (χ3n) is 4.38. The lowest BCUT2D eigenvalue weighted by atomic mass is 10.1. The molecule has 1 fully saturated rings. The number of benzene rings is 1. The molecular formula is C17H26N2O4S. The Morgan fingerprint density at radius 1 is 1.17 bits per heavy atom. The SMILES string of the molecule is CCC(=O)N1CCCN(S(=O)(=O)c2ccc(OC)c(CC)c2)CC1. The van der Waals surface area contributed by atoms with Crippen LogP contribution in [0.3, 0.4) is 0 Å². The van der Waals surface area contributed by atoms with E-state index < -0.39 is 10.0 Å². The van der Waals surface area contributed by atoms with Gasteiger partial charge in [0.1, 0.15) is 5.75 Å². The minimum absolute atomic E-state index is 0.0759. The second-order valence-corrected chi connectivity index (χ2v) is 7.76. The highest BCUT2D eigenvalue weighted by Gasteiger charge is 2.28. The quantitative estimate of drug-likeness (QED) is 0.810. The van der Waals surface area contributed by atoms with Gasteiger partial charge in [0.25, 0.3) is 0 Å². The average Bonchev–Trinajstić information content (AvgIpc) is 2.87. The standard InChI is InChI=1S/C17H26N2O4S/c1-4-14-13-15(7-8-16(14)23-3)24(21,22)19-10-6-9-18(11-12-19)17(20)5-2/h7-8,13H,4-6,9-12H2,1-3H3. The first-order valence-corrected chi connectivity index (χ1v) is 9.82. The molecule has 1 aliphatic rings. The number of nitrogens with zero attached hydrogens (tertiary/aromatic N) is 2. The molecule has 1 aromatic carbocycles. The predicted octanol–water partition coefficient (Wildman–Crippen LogP) is 1.89. The third kappa shape index (κ3) is 3.89. The number of rotatable bonds is 5. The Kier molecular flexibility index (Phi) is 6.23. The lowest BCUT2D eigenvalue weighted by Gasteiger charge is -2.22. The van der Waals surface area contributed by atoms with Crippen LogP contribution in [-0.4, -0.2) is 56.8 Å². The van der Waals surface area contributed by atoms with E-state index >= 15 is 0 Å². The van der Waals surface area contributed by atoms with Crippen molar-refractivity contribution in [2.45, 2.75) is 38.0 Å². The van der Waals surface area contributed by atoms with Crippen molar-refractivity contribution in [1.82, 2.24) is 9.21 Å². The second-order valence-electron chi connectivity index (χ2n) is 5.82. The van der Waals surface area contributed by atoms with E-state index in [1.165, 1.54) is 4.31 Å². The van der Waals surface area contributed by atoms with Gasteiger partial charge in [-0.2, -0.15) is 4.31 Å². The Morgan fingerprint density at radius 2 is 1.92 bits per heavy atom. The molecule has 1 aliphatic heterocycles. The zero-order valence-electron chi connectivity index (χ0n) is 14.6. The number of aryl methyl sites for hydroxylation is 1. The molecule has 24 heavy (non-hydrogen) atoms. The molecule has 0 atom stereocenters. The van der Waals surface area contributed by atoms with Crippen LogP contribution in [0.2, 0.25) is 0 Å². The van der Waals surface area contributed by atoms with Crippen molar-refractivity contribution < 1.29 is 17.9 Å². The Balaban J connectivity index is 2.22. The number of methoxy groups -OCH3 is 1. The van der Waals surface area contributed by atoms with Crippen molar-refractivity contribution >= 4 is 15.9 Å². The van der Waals surface area contributed by atoms with Crippen LogP contribution < -0.4 is 4.74 Å². The molecule has 1 amide bonds. The van der Waals surface area contributed by atoms with Gasteiger partial charge in [0.15, 0.2) is 0 Å². The van der Waals surface area contributed by atoms with Crippen LogP contribution in [0.1, 0.15) is 32.3 Å². The Labute approximate surface area is 144 Å². The number of carbonyl (C=O) groups excluding carboxylic acids is 1. The van der Waals surface area contributed by atoms with Gasteiger partial charge in [0.05, 0.1) is 12.0 Å². The number of hydrogen-bond acceptors (Lipinski definition) is 4. The highest BCUT2D eigenvalue weighted by molar-refractivity contribution is 7.89. The minimum atomic E-state index is -3.56. The molecule has 0 unspecified atom stereocenters. The summed E-state index contributed by atoms with van der Waals surface area (Å²) in [6, 6.07) is 4.98. The van der Waals surface area contributed by atoms with Gasteiger partial charge in [-0.3, -0.25) is 4.79 Å². The van der Waals surface area contributed by atoms with Gasteiger partial charge in [-0.1, -0.05) is 13.8 Å². The molecule has 1 saturated heterocycles. The van der Waals surface area contributed by atoms with Gasteiger partial charge in [-0.05, 0) is 36.6 Å². The summed E-state index contributed by atoms with van der Waals surface area (Å²) in [6.45, 7) is 5.62. The summed E-state index contributed by atoms with van der Waals surface area (Å²) in [7, 11) is -1.98. The first kappa shape index (κ1) is 18.7. The molecule has 1 aromatic rings. The van der Waals surface area contributed by atoms with E-state index in [0.717, 1.165) is 5.56 Å². The lowest BCUT2D eigenvalue weighted by Crippen LogP contribution is -2.37. The lowest BCUT2D eigenvalue weighted by molar-refractivity contribution is -0.130. The van der Waals surface area contributed by atoms with Crippen molar-refractivity contribution in [3.63, 3.8) is 0 Å². The van der Waals surface area contributed by atoms with Crippen molar-refractivity contribution in [1.29, 1.82) is 0 Å². The van der Waals surface area contributed by atoms with E-state index in [4.69, 9.17) is 4.74 Å². The summed E-state index contributed by atoms with van der Waals surface area (Å²) < 4.78 is 32.6. The van der Waals surface area contributed by atoms with Crippen molar-refractivity contribution in [3.8, 4) is 5.75 Å². The summed E-state index contributed by atoms with van der Waals surface area (Å²) in [6.07, 6.45) is 1.80. The summed E-state index contributed by atoms with van der Waals surface area (Å²) in [5.74, 6) is 0.777. The molecule has 0 aliphatic carbocycles. The first-order chi connectivity index (χ1) is 11.4. The van der Waals surface area contributed by atoms with Gasteiger partial charge < -0.3 is 9.64 Å². The van der Waals surface area contributed by atoms with Gasteiger partial charge in [-0.25, -0.2) is 8.42 Å². The Hall–Kier alpha value is -1.60. The van der Waals surface area contributed by atoms with Crippen LogP contribution in [0.15, 0.2) is 23.1 Å². The van der Waals surface area contributed by atoms with Crippen molar-refractivity contribution in [3.05, 3.63) is 23.8 Å². The largest absolute Gasteiger partial charge is 0.496 e. The predicted molar refractivity (Wildman–Crippen MR) is 92.6 cm³/mol. The monoisotopic (exact) mass is 354 g/mol. The van der Waals surface area contributed by atoms with Crippen LogP contribution in [0.4, 0.5) is 0 Å². The zero-order chi connectivity index (χ0) is 17.7. The Bertz CT molecular complexity index is 688. The molecule has 1 heterocycles. The number of sulfonamides is 1. The topological polar surface area (TPSA) is 66.9 Å². The number of ether oxygens (including phenoxy) is 1. The van der Waals surface area contributed by atoms with Crippen LogP contribution in [0.5, 0.6) is 5.75 Å².